The van der Waals surface area contributed by atoms with Gasteiger partial charge in [0.15, 0.2) is 0 Å². The minimum atomic E-state index is -0.970. The van der Waals surface area contributed by atoms with E-state index in [0.717, 1.165) is 22.8 Å². The molecular weight excluding hydrogens is 288 g/mol. The van der Waals surface area contributed by atoms with Crippen LogP contribution in [-0.2, 0) is 0 Å². The number of hydrogen-bond acceptors (Lipinski definition) is 6. The monoisotopic (exact) mass is 308 g/mol. The number of anilines is 1. The first-order valence-electron chi connectivity index (χ1n) is 6.79. The molecule has 6 nitrogen and oxygen atoms in total. The summed E-state index contributed by atoms with van der Waals surface area (Å²) in [5, 5.41) is 13.6. The number of carboxylic acid groups (broad SMARTS) is 1. The Balaban J connectivity index is 2.37. The number of hydrogen-bond donors (Lipinski definition) is 2. The molecule has 0 saturated carbocycles. The largest absolute Gasteiger partial charge is 0.478 e. The second-order valence-corrected chi connectivity index (χ2v) is 6.40. The van der Waals surface area contributed by atoms with Crippen molar-refractivity contribution in [3.63, 3.8) is 0 Å². The number of carboxylic acids is 1. The van der Waals surface area contributed by atoms with Crippen molar-refractivity contribution < 1.29 is 9.90 Å². The van der Waals surface area contributed by atoms with Crippen LogP contribution in [0.1, 0.15) is 27.5 Å². The average molecular weight is 308 g/mol. The van der Waals surface area contributed by atoms with Gasteiger partial charge in [0.1, 0.15) is 15.9 Å². The number of fused-ring (bicyclic) bond motifs is 1. The molecule has 0 aromatic carbocycles. The van der Waals surface area contributed by atoms with Crippen LogP contribution in [0.5, 0.6) is 0 Å². The van der Waals surface area contributed by atoms with Gasteiger partial charge in [0.2, 0.25) is 0 Å². The molecular formula is C14H20N4O2S. The van der Waals surface area contributed by atoms with E-state index in [9.17, 15) is 9.90 Å². The van der Waals surface area contributed by atoms with E-state index in [1.54, 1.807) is 6.92 Å². The highest BCUT2D eigenvalue weighted by molar-refractivity contribution is 7.18. The first kappa shape index (κ1) is 15.7. The van der Waals surface area contributed by atoms with Crippen LogP contribution >= 0.6 is 11.3 Å². The highest BCUT2D eigenvalue weighted by Gasteiger charge is 2.20. The molecule has 114 valence electrons. The molecule has 0 atom stereocenters. The summed E-state index contributed by atoms with van der Waals surface area (Å²) in [6.07, 6.45) is 0.929. The molecule has 2 aromatic rings. The average Bonchev–Trinajstić information content (AvgIpc) is 2.73. The van der Waals surface area contributed by atoms with Crippen molar-refractivity contribution >= 4 is 33.3 Å². The van der Waals surface area contributed by atoms with Crippen LogP contribution < -0.4 is 5.32 Å². The van der Waals surface area contributed by atoms with Gasteiger partial charge in [-0.1, -0.05) is 11.3 Å². The molecule has 0 aliphatic heterocycles. The molecule has 0 unspecified atom stereocenters. The summed E-state index contributed by atoms with van der Waals surface area (Å²) in [4.78, 5) is 23.2. The Hall–Kier alpha value is -1.73. The van der Waals surface area contributed by atoms with Crippen LogP contribution in [0, 0.1) is 13.8 Å². The Labute approximate surface area is 127 Å². The molecule has 0 fully saturated rings. The van der Waals surface area contributed by atoms with E-state index in [1.165, 1.54) is 11.3 Å². The minimum absolute atomic E-state index is 0.220. The van der Waals surface area contributed by atoms with Gasteiger partial charge >= 0.3 is 5.97 Å². The van der Waals surface area contributed by atoms with Gasteiger partial charge in [-0.3, -0.25) is 0 Å². The van der Waals surface area contributed by atoms with Crippen LogP contribution in [0.15, 0.2) is 0 Å². The van der Waals surface area contributed by atoms with E-state index in [2.05, 4.69) is 20.2 Å². The van der Waals surface area contributed by atoms with E-state index in [4.69, 9.17) is 0 Å². The SMILES string of the molecule is Cc1nc2c(NCCCN(C)C)c(C(=O)O)c(C)nc2s1. The predicted molar refractivity (Wildman–Crippen MR) is 85.5 cm³/mol. The summed E-state index contributed by atoms with van der Waals surface area (Å²) in [5.41, 5.74) is 1.99. The summed E-state index contributed by atoms with van der Waals surface area (Å²) in [7, 11) is 4.03. The number of thiazole rings is 1. The quantitative estimate of drug-likeness (QED) is 0.798. The molecule has 0 aliphatic carbocycles. The lowest BCUT2D eigenvalue weighted by Gasteiger charge is -2.13. The summed E-state index contributed by atoms with van der Waals surface area (Å²) >= 11 is 1.48. The molecule has 0 amide bonds. The molecule has 7 heteroatoms. The third kappa shape index (κ3) is 3.48. The van der Waals surface area contributed by atoms with E-state index in [0.29, 0.717) is 23.4 Å². The molecule has 0 saturated heterocycles. The highest BCUT2D eigenvalue weighted by Crippen LogP contribution is 2.31. The fourth-order valence-corrected chi connectivity index (χ4v) is 3.05. The Bertz CT molecular complexity index is 667. The summed E-state index contributed by atoms with van der Waals surface area (Å²) < 4.78 is 0. The maximum atomic E-state index is 11.5. The molecule has 0 radical (unpaired) electrons. The van der Waals surface area contributed by atoms with Crippen molar-refractivity contribution in [2.45, 2.75) is 20.3 Å². The first-order valence-corrected chi connectivity index (χ1v) is 7.61. The molecule has 2 rings (SSSR count). The lowest BCUT2D eigenvalue weighted by molar-refractivity contribution is 0.0697. The third-order valence-electron chi connectivity index (χ3n) is 3.13. The molecule has 21 heavy (non-hydrogen) atoms. The van der Waals surface area contributed by atoms with Gasteiger partial charge in [-0.25, -0.2) is 14.8 Å². The zero-order valence-corrected chi connectivity index (χ0v) is 13.5. The number of rotatable bonds is 6. The zero-order chi connectivity index (χ0) is 15.6. The number of pyridine rings is 1. The van der Waals surface area contributed by atoms with Crippen LogP contribution in [0.4, 0.5) is 5.69 Å². The lowest BCUT2D eigenvalue weighted by atomic mass is 10.1. The Morgan fingerprint density at radius 2 is 2.05 bits per heavy atom. The summed E-state index contributed by atoms with van der Waals surface area (Å²) in [5.74, 6) is -0.970. The predicted octanol–water partition coefficient (Wildman–Crippen LogP) is 2.37. The van der Waals surface area contributed by atoms with Gasteiger partial charge in [-0.2, -0.15) is 0 Å². The fraction of sp³-hybridized carbons (Fsp3) is 0.500. The summed E-state index contributed by atoms with van der Waals surface area (Å²) in [6, 6.07) is 0. The van der Waals surface area contributed by atoms with Crippen LogP contribution in [0.3, 0.4) is 0 Å². The maximum absolute atomic E-state index is 11.5. The van der Waals surface area contributed by atoms with Crippen molar-refractivity contribution in [1.29, 1.82) is 0 Å². The van der Waals surface area contributed by atoms with E-state index in [-0.39, 0.29) is 5.56 Å². The van der Waals surface area contributed by atoms with Gasteiger partial charge in [0, 0.05) is 6.54 Å². The Kier molecular flexibility index (Phi) is 4.74. The topological polar surface area (TPSA) is 78.4 Å². The number of aromatic carboxylic acids is 1. The molecule has 2 N–H and O–H groups in total. The van der Waals surface area contributed by atoms with Crippen molar-refractivity contribution in [2.24, 2.45) is 0 Å². The van der Waals surface area contributed by atoms with Crippen LogP contribution in [-0.4, -0.2) is 53.1 Å². The van der Waals surface area contributed by atoms with Gasteiger partial charge in [-0.15, -0.1) is 0 Å². The molecule has 0 bridgehead atoms. The lowest BCUT2D eigenvalue weighted by Crippen LogP contribution is -2.17. The van der Waals surface area contributed by atoms with Crippen LogP contribution in [0.25, 0.3) is 10.3 Å². The van der Waals surface area contributed by atoms with Crippen molar-refractivity contribution in [3.8, 4) is 0 Å². The van der Waals surface area contributed by atoms with E-state index >= 15 is 0 Å². The van der Waals surface area contributed by atoms with Gasteiger partial charge in [-0.05, 0) is 40.9 Å². The van der Waals surface area contributed by atoms with Crippen molar-refractivity contribution in [3.05, 3.63) is 16.3 Å². The number of nitrogens with zero attached hydrogens (tertiary/aromatic N) is 3. The Morgan fingerprint density at radius 3 is 2.67 bits per heavy atom. The maximum Gasteiger partial charge on any atom is 0.339 e. The molecule has 2 aromatic heterocycles. The zero-order valence-electron chi connectivity index (χ0n) is 12.7. The third-order valence-corrected chi connectivity index (χ3v) is 4.00. The number of aromatic nitrogens is 2. The first-order chi connectivity index (χ1) is 9.90. The van der Waals surface area contributed by atoms with Gasteiger partial charge in [0.05, 0.1) is 16.4 Å². The standard InChI is InChI=1S/C14H20N4O2S/c1-8-10(14(19)20)11(15-6-5-7-18(3)4)12-13(16-8)21-9(2)17-12/h5-7H2,1-4H3,(H,15,16)(H,19,20). The van der Waals surface area contributed by atoms with E-state index in [1.807, 2.05) is 21.0 Å². The normalized spacial score (nSPS) is 11.3. The number of aryl methyl sites for hydroxylation is 2. The molecule has 0 spiro atoms. The van der Waals surface area contributed by atoms with Crippen LogP contribution in [0.2, 0.25) is 0 Å². The minimum Gasteiger partial charge on any atom is -0.478 e. The van der Waals surface area contributed by atoms with E-state index < -0.39 is 5.97 Å². The number of nitrogens with one attached hydrogen (secondary N) is 1. The Morgan fingerprint density at radius 1 is 1.33 bits per heavy atom. The van der Waals surface area contributed by atoms with Crippen molar-refractivity contribution in [1.82, 2.24) is 14.9 Å². The molecule has 0 aliphatic rings. The number of carbonyl (C=O) groups is 1. The smallest absolute Gasteiger partial charge is 0.339 e. The fourth-order valence-electron chi connectivity index (χ4n) is 2.20. The highest BCUT2D eigenvalue weighted by atomic mass is 32.1. The van der Waals surface area contributed by atoms with Crippen molar-refractivity contribution in [2.75, 3.05) is 32.5 Å². The van der Waals surface area contributed by atoms with Gasteiger partial charge < -0.3 is 15.3 Å². The van der Waals surface area contributed by atoms with Gasteiger partial charge in [0.25, 0.3) is 0 Å². The molecule has 2 heterocycles. The second kappa shape index (κ2) is 6.36. The second-order valence-electron chi connectivity index (χ2n) is 5.22. The summed E-state index contributed by atoms with van der Waals surface area (Å²) in [6.45, 7) is 5.27.